The molecule has 0 bridgehead atoms. The van der Waals surface area contributed by atoms with Gasteiger partial charge in [-0.2, -0.15) is 23.1 Å². The van der Waals surface area contributed by atoms with Crippen molar-refractivity contribution in [1.29, 1.82) is 0 Å². The molecule has 0 unspecified atom stereocenters. The van der Waals surface area contributed by atoms with Gasteiger partial charge in [-0.1, -0.05) is 60.1 Å². The Morgan fingerprint density at radius 1 is 1.00 bits per heavy atom. The number of halogens is 4. The summed E-state index contributed by atoms with van der Waals surface area (Å²) in [6.45, 7) is 2.83. The first-order valence-electron chi connectivity index (χ1n) is 17.2. The van der Waals surface area contributed by atoms with E-state index in [4.69, 9.17) is 36.7 Å². The lowest BCUT2D eigenvalue weighted by atomic mass is 9.76. The number of likely N-dealkylation sites (tertiary alicyclic amines) is 1. The Hall–Kier alpha value is -5.13. The van der Waals surface area contributed by atoms with Gasteiger partial charge in [0.2, 0.25) is 28.0 Å². The third-order valence-electron chi connectivity index (χ3n) is 9.67. The summed E-state index contributed by atoms with van der Waals surface area (Å²) >= 11 is 6.19. The molecular weight excluding hydrogens is 765 g/mol. The van der Waals surface area contributed by atoms with Crippen molar-refractivity contribution >= 4 is 45.5 Å². The topological polar surface area (TPSA) is 180 Å². The van der Waals surface area contributed by atoms with E-state index in [2.05, 4.69) is 9.97 Å². The molecule has 3 heterocycles. The average Bonchev–Trinajstić information content (AvgIpc) is 3.52. The summed E-state index contributed by atoms with van der Waals surface area (Å²) in [5.41, 5.74) is 6.02. The molecular formula is C37H38ClF3N6O7S. The summed E-state index contributed by atoms with van der Waals surface area (Å²) in [4.78, 5) is 37.4. The van der Waals surface area contributed by atoms with E-state index in [0.717, 1.165) is 17.7 Å². The van der Waals surface area contributed by atoms with Crippen LogP contribution in [0.4, 0.5) is 29.7 Å². The van der Waals surface area contributed by atoms with Gasteiger partial charge in [0.05, 0.1) is 11.5 Å². The number of amides is 1. The summed E-state index contributed by atoms with van der Waals surface area (Å²) in [6.07, 6.45) is -6.85. The predicted molar refractivity (Wildman–Crippen MR) is 196 cm³/mol. The van der Waals surface area contributed by atoms with Crippen molar-refractivity contribution in [3.05, 3.63) is 95.0 Å². The number of rotatable bonds is 10. The molecule has 292 valence electrons. The zero-order valence-corrected chi connectivity index (χ0v) is 31.1. The van der Waals surface area contributed by atoms with Gasteiger partial charge in [-0.05, 0) is 72.6 Å². The maximum Gasteiger partial charge on any atom is 0.429 e. The van der Waals surface area contributed by atoms with Crippen LogP contribution in [-0.4, -0.2) is 73.8 Å². The maximum absolute atomic E-state index is 14.8. The molecule has 2 saturated heterocycles. The van der Waals surface area contributed by atoms with E-state index in [1.54, 1.807) is 6.92 Å². The van der Waals surface area contributed by atoms with Crippen LogP contribution in [-0.2, 0) is 30.9 Å². The number of sulfonamides is 1. The van der Waals surface area contributed by atoms with Crippen LogP contribution >= 0.6 is 11.6 Å². The number of ether oxygens (including phenoxy) is 3. The molecule has 2 aliphatic heterocycles. The third kappa shape index (κ3) is 9.23. The summed E-state index contributed by atoms with van der Waals surface area (Å²) in [6, 6.07) is 18.4. The fraction of sp³-hybridized carbons (Fsp3) is 0.351. The molecule has 2 fully saturated rings. The first kappa shape index (κ1) is 39.6. The number of nitrogen functional groups attached to an aromatic ring is 1. The van der Waals surface area contributed by atoms with Gasteiger partial charge >= 0.3 is 18.2 Å². The van der Waals surface area contributed by atoms with Crippen LogP contribution in [0.5, 0.6) is 5.88 Å². The number of benzene rings is 3. The highest BCUT2D eigenvalue weighted by Gasteiger charge is 2.51. The molecule has 1 spiro atoms. The second kappa shape index (κ2) is 15.9. The quantitative estimate of drug-likeness (QED) is 0.173. The Balaban J connectivity index is 1.21. The van der Waals surface area contributed by atoms with Gasteiger partial charge in [0, 0.05) is 36.3 Å². The fourth-order valence-electron chi connectivity index (χ4n) is 7.00. The molecule has 4 N–H and O–H groups in total. The lowest BCUT2D eigenvalue weighted by Gasteiger charge is -2.39. The molecule has 0 saturated carbocycles. The SMILES string of the molecule is CCOC(=O)[C@@H]1CC2(CCN(c3cc(O[C@H](c4ccc(Cl)cc4-c4cccc(S(N)(=O)=O)c4)C(F)(F)F)nc(N)n3)CC2)CN1C(=O)OCc1ccccc1. The first-order valence-corrected chi connectivity index (χ1v) is 19.2. The van der Waals surface area contributed by atoms with Crippen LogP contribution in [0.2, 0.25) is 5.02 Å². The van der Waals surface area contributed by atoms with Gasteiger partial charge in [0.25, 0.3) is 0 Å². The molecule has 0 aliphatic carbocycles. The number of primary sulfonamides is 1. The van der Waals surface area contributed by atoms with Gasteiger partial charge in [-0.15, -0.1) is 0 Å². The van der Waals surface area contributed by atoms with Crippen LogP contribution in [0.3, 0.4) is 0 Å². The van der Waals surface area contributed by atoms with E-state index < -0.39 is 51.7 Å². The van der Waals surface area contributed by atoms with Gasteiger partial charge < -0.3 is 24.8 Å². The zero-order chi connectivity index (χ0) is 39.5. The van der Waals surface area contributed by atoms with Crippen molar-refractivity contribution < 1.29 is 45.4 Å². The Bertz CT molecular complexity index is 2150. The normalized spacial score (nSPS) is 17.5. The van der Waals surface area contributed by atoms with E-state index >= 15 is 0 Å². The van der Waals surface area contributed by atoms with Crippen LogP contribution in [0, 0.1) is 5.41 Å². The molecule has 18 heteroatoms. The van der Waals surface area contributed by atoms with Crippen LogP contribution in [0.15, 0.2) is 83.8 Å². The summed E-state index contributed by atoms with van der Waals surface area (Å²) in [5.74, 6) is -1.10. The first-order chi connectivity index (χ1) is 26.0. The van der Waals surface area contributed by atoms with Crippen molar-refractivity contribution in [1.82, 2.24) is 14.9 Å². The number of piperidine rings is 1. The van der Waals surface area contributed by atoms with Crippen molar-refractivity contribution in [3.8, 4) is 17.0 Å². The lowest BCUT2D eigenvalue weighted by Crippen LogP contribution is -2.43. The number of hydrogen-bond acceptors (Lipinski definition) is 11. The average molecular weight is 803 g/mol. The third-order valence-corrected chi connectivity index (χ3v) is 10.8. The van der Waals surface area contributed by atoms with E-state index in [0.29, 0.717) is 32.4 Å². The number of alkyl halides is 3. The minimum absolute atomic E-state index is 0.0341. The van der Waals surface area contributed by atoms with E-state index in [9.17, 15) is 31.2 Å². The minimum atomic E-state index is -4.98. The molecule has 4 aromatic rings. The Kier molecular flexibility index (Phi) is 11.5. The lowest BCUT2D eigenvalue weighted by molar-refractivity contribution is -0.198. The van der Waals surface area contributed by atoms with E-state index in [-0.39, 0.29) is 58.1 Å². The zero-order valence-electron chi connectivity index (χ0n) is 29.5. The molecule has 55 heavy (non-hydrogen) atoms. The molecule has 1 aromatic heterocycles. The molecule has 13 nitrogen and oxygen atoms in total. The minimum Gasteiger partial charge on any atom is -0.464 e. The standard InChI is InChI=1S/C37H38ClF3N6O7S/c1-2-52-33(48)29-20-36(22-47(29)35(49)53-21-23-7-4-3-5-8-23)13-15-46(16-14-36)30-19-31(45-34(42)44-30)54-32(37(39,40)41)27-12-11-25(38)18-28(27)24-9-6-10-26(17-24)55(43,50)51/h3-12,17-19,29,32H,2,13-16,20-22H2,1H3,(H2,42,44,45)(H2,43,50,51)/t29-,32+/m0/s1. The number of nitrogens with zero attached hydrogens (tertiary/aromatic N) is 4. The monoisotopic (exact) mass is 802 g/mol. The Morgan fingerprint density at radius 2 is 1.73 bits per heavy atom. The largest absolute Gasteiger partial charge is 0.464 e. The highest BCUT2D eigenvalue weighted by Crippen LogP contribution is 2.46. The predicted octanol–water partition coefficient (Wildman–Crippen LogP) is 6.27. The second-order valence-corrected chi connectivity index (χ2v) is 15.4. The molecule has 6 rings (SSSR count). The number of carbonyl (C=O) groups is 2. The van der Waals surface area contributed by atoms with Gasteiger partial charge in [0.15, 0.2) is 0 Å². The summed E-state index contributed by atoms with van der Waals surface area (Å²) in [7, 11) is -4.17. The second-order valence-electron chi connectivity index (χ2n) is 13.4. The number of anilines is 2. The molecule has 3 aromatic carbocycles. The van der Waals surface area contributed by atoms with Crippen molar-refractivity contribution in [2.24, 2.45) is 10.6 Å². The number of carbonyl (C=O) groups excluding carboxylic acids is 2. The highest BCUT2D eigenvalue weighted by molar-refractivity contribution is 7.89. The number of esters is 1. The molecule has 2 atom stereocenters. The van der Waals surface area contributed by atoms with E-state index in [1.807, 2.05) is 35.2 Å². The van der Waals surface area contributed by atoms with Gasteiger partial charge in [0.1, 0.15) is 18.5 Å². The van der Waals surface area contributed by atoms with Crippen molar-refractivity contribution in [2.75, 3.05) is 36.9 Å². The Labute approximate surface area is 320 Å². The van der Waals surface area contributed by atoms with E-state index in [1.165, 1.54) is 41.3 Å². The van der Waals surface area contributed by atoms with Crippen molar-refractivity contribution in [3.63, 3.8) is 0 Å². The molecule has 1 amide bonds. The highest BCUT2D eigenvalue weighted by atomic mass is 35.5. The Morgan fingerprint density at radius 3 is 2.40 bits per heavy atom. The van der Waals surface area contributed by atoms with Crippen LogP contribution < -0.4 is 20.5 Å². The molecule has 0 radical (unpaired) electrons. The maximum atomic E-state index is 14.8. The summed E-state index contributed by atoms with van der Waals surface area (Å²) in [5, 5.41) is 5.37. The van der Waals surface area contributed by atoms with Gasteiger partial charge in [-0.3, -0.25) is 4.90 Å². The molecule has 2 aliphatic rings. The smallest absolute Gasteiger partial charge is 0.429 e. The number of aromatic nitrogens is 2. The fourth-order valence-corrected chi connectivity index (χ4v) is 7.73. The van der Waals surface area contributed by atoms with Crippen molar-refractivity contribution in [2.45, 2.75) is 56.0 Å². The van der Waals surface area contributed by atoms with Gasteiger partial charge in [-0.25, -0.2) is 23.1 Å². The number of hydrogen-bond donors (Lipinski definition) is 2. The van der Waals surface area contributed by atoms with Crippen LogP contribution in [0.25, 0.3) is 11.1 Å². The summed E-state index contributed by atoms with van der Waals surface area (Å²) < 4.78 is 84.9. The number of nitrogens with two attached hydrogens (primary N) is 2. The van der Waals surface area contributed by atoms with Crippen LogP contribution in [0.1, 0.15) is 43.4 Å².